The smallest absolute Gasteiger partial charge is 0.255 e. The predicted octanol–water partition coefficient (Wildman–Crippen LogP) is 0.774. The number of hydrogen-bond donors (Lipinski definition) is 1. The Morgan fingerprint density at radius 2 is 1.91 bits per heavy atom. The minimum atomic E-state index is -4.08. The Labute approximate surface area is 191 Å². The summed E-state index contributed by atoms with van der Waals surface area (Å²) in [5.74, 6) is 0. The van der Waals surface area contributed by atoms with Crippen LogP contribution in [0.4, 0.5) is 0 Å². The van der Waals surface area contributed by atoms with E-state index >= 15 is 0 Å². The molecule has 1 aliphatic carbocycles. The third-order valence-electron chi connectivity index (χ3n) is 6.50. The maximum atomic E-state index is 13.3. The van der Waals surface area contributed by atoms with Crippen molar-refractivity contribution in [1.29, 1.82) is 0 Å². The van der Waals surface area contributed by atoms with Crippen LogP contribution in [-0.4, -0.2) is 71.0 Å². The van der Waals surface area contributed by atoms with Crippen LogP contribution >= 0.6 is 0 Å². The monoisotopic (exact) mass is 487 g/mol. The van der Waals surface area contributed by atoms with E-state index in [0.717, 1.165) is 16.9 Å². The average Bonchev–Trinajstić information content (AvgIpc) is 3.10. The van der Waals surface area contributed by atoms with Crippen LogP contribution in [0.1, 0.15) is 54.7 Å². The summed E-state index contributed by atoms with van der Waals surface area (Å²) in [4.78, 5) is 21.5. The molecule has 0 spiro atoms. The molecule has 0 radical (unpaired) electrons. The minimum Gasteiger partial charge on any atom is -0.388 e. The number of rotatable bonds is 4. The SMILES string of the molecule is [2H]C([2H])([2H])c1cc2cnc(S(=O)(=O)C3CCN(S(C)(=O)=O)CC3)nc2n(C2CCC[C@@]2(C)O)c1=O. The maximum Gasteiger partial charge on any atom is 0.255 e. The van der Waals surface area contributed by atoms with Crippen molar-refractivity contribution in [3.05, 3.63) is 28.2 Å². The van der Waals surface area contributed by atoms with E-state index in [1.807, 2.05) is 0 Å². The zero-order valence-corrected chi connectivity index (χ0v) is 19.5. The molecule has 0 aromatic carbocycles. The van der Waals surface area contributed by atoms with Crippen LogP contribution in [0.15, 0.2) is 22.2 Å². The van der Waals surface area contributed by atoms with Gasteiger partial charge in [0.05, 0.1) is 23.1 Å². The summed E-state index contributed by atoms with van der Waals surface area (Å²) in [6.07, 6.45) is 3.76. The number of fused-ring (bicyclic) bond motifs is 1. The van der Waals surface area contributed by atoms with Gasteiger partial charge in [-0.25, -0.2) is 26.1 Å². The molecule has 1 saturated carbocycles. The molecule has 4 rings (SSSR count). The Kier molecular flexibility index (Phi) is 4.80. The number of aromatic nitrogens is 3. The number of hydrogen-bond acceptors (Lipinski definition) is 8. The van der Waals surface area contributed by atoms with E-state index in [9.17, 15) is 26.7 Å². The van der Waals surface area contributed by atoms with Crippen LogP contribution in [0, 0.1) is 6.85 Å². The fourth-order valence-corrected chi connectivity index (χ4v) is 7.11. The van der Waals surface area contributed by atoms with Gasteiger partial charge in [-0.05, 0) is 51.9 Å². The fraction of sp³-hybridized carbons (Fsp3) is 0.650. The first-order valence-corrected chi connectivity index (χ1v) is 13.8. The van der Waals surface area contributed by atoms with Gasteiger partial charge < -0.3 is 5.11 Å². The van der Waals surface area contributed by atoms with Gasteiger partial charge in [0.15, 0.2) is 0 Å². The van der Waals surface area contributed by atoms with Gasteiger partial charge in [0.2, 0.25) is 25.0 Å². The van der Waals surface area contributed by atoms with E-state index in [1.54, 1.807) is 6.92 Å². The Hall–Kier alpha value is -1.89. The highest BCUT2D eigenvalue weighted by Crippen LogP contribution is 2.39. The van der Waals surface area contributed by atoms with E-state index in [-0.39, 0.29) is 37.0 Å². The molecule has 3 heterocycles. The van der Waals surface area contributed by atoms with Crippen molar-refractivity contribution in [3.8, 4) is 0 Å². The van der Waals surface area contributed by atoms with E-state index in [4.69, 9.17) is 4.11 Å². The Bertz CT molecular complexity index is 1430. The van der Waals surface area contributed by atoms with Crippen molar-refractivity contribution >= 4 is 30.9 Å². The molecule has 2 atom stereocenters. The molecule has 10 nitrogen and oxygen atoms in total. The van der Waals surface area contributed by atoms with Gasteiger partial charge in [0.25, 0.3) is 5.56 Å². The molecule has 0 amide bonds. The maximum absolute atomic E-state index is 13.3. The molecule has 1 saturated heterocycles. The van der Waals surface area contributed by atoms with Crippen molar-refractivity contribution in [2.45, 2.75) is 67.9 Å². The predicted molar refractivity (Wildman–Crippen MR) is 119 cm³/mol. The van der Waals surface area contributed by atoms with Gasteiger partial charge in [-0.15, -0.1) is 0 Å². The fourth-order valence-electron chi connectivity index (χ4n) is 4.69. The number of sulfone groups is 1. The van der Waals surface area contributed by atoms with Gasteiger partial charge in [-0.1, -0.05) is 0 Å². The highest BCUT2D eigenvalue weighted by Gasteiger charge is 2.40. The summed E-state index contributed by atoms with van der Waals surface area (Å²) in [5.41, 5.74) is -2.68. The number of piperidine rings is 1. The third-order valence-corrected chi connectivity index (χ3v) is 9.86. The molecule has 176 valence electrons. The Morgan fingerprint density at radius 1 is 1.22 bits per heavy atom. The number of pyridine rings is 1. The highest BCUT2D eigenvalue weighted by atomic mass is 32.2. The summed E-state index contributed by atoms with van der Waals surface area (Å²) in [6, 6.07) is 0.356. The molecule has 2 fully saturated rings. The van der Waals surface area contributed by atoms with Crippen molar-refractivity contribution in [1.82, 2.24) is 18.8 Å². The van der Waals surface area contributed by atoms with Crippen LogP contribution < -0.4 is 5.56 Å². The second-order valence-electron chi connectivity index (χ2n) is 8.84. The highest BCUT2D eigenvalue weighted by molar-refractivity contribution is 7.92. The lowest BCUT2D eigenvalue weighted by Gasteiger charge is -2.30. The first kappa shape index (κ1) is 19.6. The first-order chi connectivity index (χ1) is 16.0. The molecular formula is C20H28N4O6S2. The van der Waals surface area contributed by atoms with Crippen molar-refractivity contribution in [2.24, 2.45) is 0 Å². The number of aliphatic hydroxyl groups is 1. The van der Waals surface area contributed by atoms with Gasteiger partial charge in [-0.3, -0.25) is 9.36 Å². The standard InChI is InChI=1S/C20H28N4O6S2/c1-13-11-14-12-21-19(32(29,30)15-6-9-23(10-7-15)31(3,27)28)22-17(14)24(18(13)25)16-5-4-8-20(16,2)26/h11-12,15-16,26H,4-10H2,1-3H3/t16?,20-/m1/s1/i1D3. The molecule has 1 N–H and O–H groups in total. The second-order valence-corrected chi connectivity index (χ2v) is 12.9. The molecule has 32 heavy (non-hydrogen) atoms. The van der Waals surface area contributed by atoms with Crippen LogP contribution in [0.25, 0.3) is 11.0 Å². The lowest BCUT2D eigenvalue weighted by Crippen LogP contribution is -2.42. The van der Waals surface area contributed by atoms with E-state index in [2.05, 4.69) is 9.97 Å². The van der Waals surface area contributed by atoms with Crippen LogP contribution in [0.2, 0.25) is 0 Å². The summed E-state index contributed by atoms with van der Waals surface area (Å²) in [7, 11) is -7.51. The largest absolute Gasteiger partial charge is 0.388 e. The van der Waals surface area contributed by atoms with E-state index in [0.29, 0.717) is 19.3 Å². The lowest BCUT2D eigenvalue weighted by molar-refractivity contribution is 0.0266. The molecule has 1 aliphatic heterocycles. The number of sulfonamides is 1. The van der Waals surface area contributed by atoms with Crippen molar-refractivity contribution < 1.29 is 26.1 Å². The van der Waals surface area contributed by atoms with Crippen molar-refractivity contribution in [3.63, 3.8) is 0 Å². The lowest BCUT2D eigenvalue weighted by atomic mass is 9.99. The van der Waals surface area contributed by atoms with Crippen LogP contribution in [0.5, 0.6) is 0 Å². The van der Waals surface area contributed by atoms with Gasteiger partial charge >= 0.3 is 0 Å². The van der Waals surface area contributed by atoms with Crippen molar-refractivity contribution in [2.75, 3.05) is 19.3 Å². The van der Waals surface area contributed by atoms with E-state index in [1.165, 1.54) is 10.5 Å². The van der Waals surface area contributed by atoms with Gasteiger partial charge in [-0.2, -0.15) is 4.98 Å². The summed E-state index contributed by atoms with van der Waals surface area (Å²) < 4.78 is 75.8. The normalized spacial score (nSPS) is 27.8. The minimum absolute atomic E-state index is 0.0495. The first-order valence-electron chi connectivity index (χ1n) is 11.9. The summed E-state index contributed by atoms with van der Waals surface area (Å²) >= 11 is 0. The summed E-state index contributed by atoms with van der Waals surface area (Å²) in [5, 5.41) is 9.64. The second kappa shape index (κ2) is 7.86. The molecule has 2 aromatic rings. The quantitative estimate of drug-likeness (QED) is 0.624. The average molecular weight is 488 g/mol. The Morgan fingerprint density at radius 3 is 2.47 bits per heavy atom. The molecule has 2 aliphatic rings. The van der Waals surface area contributed by atoms with Gasteiger partial charge in [0, 0.05) is 34.3 Å². The molecule has 2 aromatic heterocycles. The zero-order valence-electron chi connectivity index (χ0n) is 20.9. The van der Waals surface area contributed by atoms with Gasteiger partial charge in [0.1, 0.15) is 5.65 Å². The van der Waals surface area contributed by atoms with Crippen LogP contribution in [-0.2, 0) is 19.9 Å². The van der Waals surface area contributed by atoms with Crippen LogP contribution in [0.3, 0.4) is 0 Å². The number of nitrogens with zero attached hydrogens (tertiary/aromatic N) is 4. The summed E-state index contributed by atoms with van der Waals surface area (Å²) in [6.45, 7) is -1.07. The van der Waals surface area contributed by atoms with E-state index < -0.39 is 59.9 Å². The third kappa shape index (κ3) is 3.97. The zero-order chi connectivity index (χ0) is 26.0. The number of aryl methyl sites for hydroxylation is 1. The Balaban J connectivity index is 1.84. The molecular weight excluding hydrogens is 456 g/mol. The molecule has 12 heteroatoms. The molecule has 1 unspecified atom stereocenters. The topological polar surface area (TPSA) is 140 Å². The molecule has 0 bridgehead atoms.